The number of nitrogens with two attached hydrogens (primary N) is 1. The van der Waals surface area contributed by atoms with Crippen LogP contribution in [0.4, 0.5) is 5.69 Å². The Kier molecular flexibility index (Phi) is 2.94. The fourth-order valence-electron chi connectivity index (χ4n) is 3.37. The Morgan fingerprint density at radius 2 is 1.72 bits per heavy atom. The summed E-state index contributed by atoms with van der Waals surface area (Å²) in [5.41, 5.74) is 8.33. The maximum atomic E-state index is 10.1. The van der Waals surface area contributed by atoms with Crippen molar-refractivity contribution in [3.05, 3.63) is 23.8 Å². The van der Waals surface area contributed by atoms with E-state index in [1.165, 1.54) is 31.4 Å². The number of benzene rings is 1. The van der Waals surface area contributed by atoms with Crippen LogP contribution in [0.1, 0.15) is 44.1 Å². The van der Waals surface area contributed by atoms with Crippen LogP contribution in [0.2, 0.25) is 0 Å². The van der Waals surface area contributed by atoms with E-state index in [9.17, 15) is 5.11 Å². The first-order chi connectivity index (χ1) is 8.69. The van der Waals surface area contributed by atoms with Crippen LogP contribution in [0.15, 0.2) is 18.2 Å². The molecule has 0 amide bonds. The molecule has 0 unspecified atom stereocenters. The van der Waals surface area contributed by atoms with Gasteiger partial charge >= 0.3 is 0 Å². The molecule has 2 aliphatic rings. The van der Waals surface area contributed by atoms with Gasteiger partial charge in [-0.05, 0) is 43.9 Å². The van der Waals surface area contributed by atoms with Gasteiger partial charge in [-0.25, -0.2) is 0 Å². The second-order valence-corrected chi connectivity index (χ2v) is 5.76. The molecule has 1 saturated carbocycles. The summed E-state index contributed by atoms with van der Waals surface area (Å²) in [6.07, 6.45) is 6.86. The highest BCUT2D eigenvalue weighted by molar-refractivity contribution is 5.55. The fraction of sp³-hybridized carbons (Fsp3) is 0.600. The number of anilines is 1. The second kappa shape index (κ2) is 4.47. The summed E-state index contributed by atoms with van der Waals surface area (Å²) < 4.78 is 0. The lowest BCUT2D eigenvalue weighted by Crippen LogP contribution is -2.33. The van der Waals surface area contributed by atoms with Gasteiger partial charge in [-0.2, -0.15) is 0 Å². The Hall–Kier alpha value is -1.22. The molecular weight excluding hydrogens is 224 g/mol. The molecule has 3 N–H and O–H groups in total. The average molecular weight is 246 g/mol. The molecule has 1 aromatic rings. The molecule has 0 radical (unpaired) electrons. The molecule has 98 valence electrons. The lowest BCUT2D eigenvalue weighted by atomic mass is 9.88. The minimum absolute atomic E-state index is 0.306. The summed E-state index contributed by atoms with van der Waals surface area (Å²) in [7, 11) is 0. The van der Waals surface area contributed by atoms with Gasteiger partial charge < -0.3 is 15.7 Å². The van der Waals surface area contributed by atoms with Crippen molar-refractivity contribution in [3.8, 4) is 5.75 Å². The molecule has 0 spiro atoms. The third-order valence-electron chi connectivity index (χ3n) is 4.48. The van der Waals surface area contributed by atoms with E-state index >= 15 is 0 Å². The largest absolute Gasteiger partial charge is 0.508 e. The van der Waals surface area contributed by atoms with Crippen LogP contribution in [0.3, 0.4) is 0 Å². The topological polar surface area (TPSA) is 49.5 Å². The minimum Gasteiger partial charge on any atom is -0.508 e. The zero-order valence-corrected chi connectivity index (χ0v) is 10.9. The van der Waals surface area contributed by atoms with Crippen LogP contribution in [0, 0.1) is 0 Å². The standard InChI is InChI=1S/C15H22N2O/c16-15(7-1-2-8-15)13-11-12(5-6-14(13)18)17-9-3-4-10-17/h5-6,11,18H,1-4,7-10,16H2. The monoisotopic (exact) mass is 246 g/mol. The van der Waals surface area contributed by atoms with Crippen molar-refractivity contribution in [1.82, 2.24) is 0 Å². The lowest BCUT2D eigenvalue weighted by Gasteiger charge is -2.27. The lowest BCUT2D eigenvalue weighted by molar-refractivity contribution is 0.409. The van der Waals surface area contributed by atoms with Gasteiger partial charge in [0, 0.05) is 29.9 Å². The zero-order valence-electron chi connectivity index (χ0n) is 10.9. The summed E-state index contributed by atoms with van der Waals surface area (Å²) in [4.78, 5) is 2.39. The maximum Gasteiger partial charge on any atom is 0.120 e. The molecule has 2 fully saturated rings. The summed E-state index contributed by atoms with van der Waals surface area (Å²) in [6, 6.07) is 5.95. The molecule has 1 aromatic carbocycles. The minimum atomic E-state index is -0.306. The normalized spacial score (nSPS) is 22.6. The molecule has 1 aliphatic carbocycles. The van der Waals surface area contributed by atoms with Crippen LogP contribution in [0.5, 0.6) is 5.75 Å². The van der Waals surface area contributed by atoms with Gasteiger partial charge in [0.05, 0.1) is 0 Å². The Balaban J connectivity index is 1.95. The summed E-state index contributed by atoms with van der Waals surface area (Å²) in [5.74, 6) is 0.363. The van der Waals surface area contributed by atoms with Crippen molar-refractivity contribution in [2.45, 2.75) is 44.1 Å². The van der Waals surface area contributed by atoms with Crippen molar-refractivity contribution in [2.75, 3.05) is 18.0 Å². The van der Waals surface area contributed by atoms with Gasteiger partial charge in [-0.1, -0.05) is 12.8 Å². The Labute approximate surface area is 109 Å². The van der Waals surface area contributed by atoms with Gasteiger partial charge in [0.1, 0.15) is 5.75 Å². The quantitative estimate of drug-likeness (QED) is 0.843. The Morgan fingerprint density at radius 3 is 2.39 bits per heavy atom. The predicted octanol–water partition coefficient (Wildman–Crippen LogP) is 2.72. The first-order valence-electron chi connectivity index (χ1n) is 7.06. The molecular formula is C15H22N2O. The molecule has 3 heteroatoms. The SMILES string of the molecule is NC1(c2cc(N3CCCC3)ccc2O)CCCC1. The van der Waals surface area contributed by atoms with Gasteiger partial charge in [0.2, 0.25) is 0 Å². The van der Waals surface area contributed by atoms with E-state index in [0.717, 1.165) is 31.5 Å². The molecule has 1 aliphatic heterocycles. The number of phenolic OH excluding ortho intramolecular Hbond substituents is 1. The highest BCUT2D eigenvalue weighted by Gasteiger charge is 2.34. The number of hydrogen-bond donors (Lipinski definition) is 2. The molecule has 0 atom stereocenters. The average Bonchev–Trinajstić information content (AvgIpc) is 3.01. The number of hydrogen-bond acceptors (Lipinski definition) is 3. The van der Waals surface area contributed by atoms with E-state index in [4.69, 9.17) is 5.73 Å². The van der Waals surface area contributed by atoms with E-state index in [-0.39, 0.29) is 5.54 Å². The predicted molar refractivity (Wildman–Crippen MR) is 73.9 cm³/mol. The molecule has 0 aromatic heterocycles. The summed E-state index contributed by atoms with van der Waals surface area (Å²) >= 11 is 0. The van der Waals surface area contributed by atoms with E-state index in [1.807, 2.05) is 12.1 Å². The summed E-state index contributed by atoms with van der Waals surface area (Å²) in [5, 5.41) is 10.1. The van der Waals surface area contributed by atoms with E-state index in [2.05, 4.69) is 11.0 Å². The highest BCUT2D eigenvalue weighted by atomic mass is 16.3. The van der Waals surface area contributed by atoms with Crippen LogP contribution in [-0.2, 0) is 5.54 Å². The molecule has 0 bridgehead atoms. The van der Waals surface area contributed by atoms with E-state index in [1.54, 1.807) is 0 Å². The molecule has 1 heterocycles. The number of aromatic hydroxyl groups is 1. The van der Waals surface area contributed by atoms with Crippen LogP contribution >= 0.6 is 0 Å². The van der Waals surface area contributed by atoms with Gasteiger partial charge in [-0.15, -0.1) is 0 Å². The smallest absolute Gasteiger partial charge is 0.120 e. The molecule has 3 rings (SSSR count). The molecule has 1 saturated heterocycles. The van der Waals surface area contributed by atoms with Crippen molar-refractivity contribution >= 4 is 5.69 Å². The first kappa shape index (κ1) is 11.8. The van der Waals surface area contributed by atoms with Crippen molar-refractivity contribution in [1.29, 1.82) is 0 Å². The first-order valence-corrected chi connectivity index (χ1v) is 7.06. The van der Waals surface area contributed by atoms with Gasteiger partial charge in [0.15, 0.2) is 0 Å². The van der Waals surface area contributed by atoms with Crippen molar-refractivity contribution in [3.63, 3.8) is 0 Å². The number of phenols is 1. The van der Waals surface area contributed by atoms with Gasteiger partial charge in [-0.3, -0.25) is 0 Å². The van der Waals surface area contributed by atoms with E-state index in [0.29, 0.717) is 5.75 Å². The second-order valence-electron chi connectivity index (χ2n) is 5.76. The Morgan fingerprint density at radius 1 is 1.06 bits per heavy atom. The van der Waals surface area contributed by atoms with Crippen LogP contribution < -0.4 is 10.6 Å². The maximum absolute atomic E-state index is 10.1. The fourth-order valence-corrected chi connectivity index (χ4v) is 3.37. The van der Waals surface area contributed by atoms with Crippen molar-refractivity contribution in [2.24, 2.45) is 5.73 Å². The summed E-state index contributed by atoms with van der Waals surface area (Å²) in [6.45, 7) is 2.25. The third-order valence-corrected chi connectivity index (χ3v) is 4.48. The number of rotatable bonds is 2. The number of nitrogens with zero attached hydrogens (tertiary/aromatic N) is 1. The van der Waals surface area contributed by atoms with E-state index < -0.39 is 0 Å². The Bertz CT molecular complexity index is 432. The van der Waals surface area contributed by atoms with Gasteiger partial charge in [0.25, 0.3) is 0 Å². The highest BCUT2D eigenvalue weighted by Crippen LogP contribution is 2.41. The molecule has 3 nitrogen and oxygen atoms in total. The zero-order chi connectivity index (χ0) is 12.6. The van der Waals surface area contributed by atoms with Crippen LogP contribution in [-0.4, -0.2) is 18.2 Å². The van der Waals surface area contributed by atoms with Crippen LogP contribution in [0.25, 0.3) is 0 Å². The third kappa shape index (κ3) is 1.97. The van der Waals surface area contributed by atoms with Crippen molar-refractivity contribution < 1.29 is 5.11 Å². The molecule has 18 heavy (non-hydrogen) atoms.